The zero-order chi connectivity index (χ0) is 17.0. The summed E-state index contributed by atoms with van der Waals surface area (Å²) in [5.41, 5.74) is 7.49. The molecule has 0 spiro atoms. The van der Waals surface area contributed by atoms with E-state index >= 15 is 0 Å². The van der Waals surface area contributed by atoms with E-state index in [1.165, 1.54) is 54.8 Å². The molecule has 0 radical (unpaired) electrons. The van der Waals surface area contributed by atoms with Crippen LogP contribution in [0.25, 0.3) is 43.7 Å². The first-order valence-corrected chi connectivity index (χ1v) is 8.58. The highest BCUT2D eigenvalue weighted by atomic mass is 14.7. The predicted octanol–water partition coefficient (Wildman–Crippen LogP) is 6.15. The lowest BCUT2D eigenvalue weighted by molar-refractivity contribution is 1.35. The standard InChI is InChI=1S/C23H18N2/c1-14-20-13-24-11-10-18(20)15(2)23-22(14)19-12-17(8-9-21(19)25-23)16-6-4-3-5-7-16/h3-13,25H,1-2H3. The third kappa shape index (κ3) is 2.01. The van der Waals surface area contributed by atoms with Crippen molar-refractivity contribution in [3.63, 3.8) is 0 Å². The molecule has 0 fully saturated rings. The fourth-order valence-corrected chi connectivity index (χ4v) is 3.96. The van der Waals surface area contributed by atoms with Gasteiger partial charge in [0.05, 0.1) is 5.52 Å². The first-order valence-electron chi connectivity index (χ1n) is 8.58. The lowest BCUT2D eigenvalue weighted by Crippen LogP contribution is -1.87. The van der Waals surface area contributed by atoms with Crippen molar-refractivity contribution in [2.45, 2.75) is 13.8 Å². The summed E-state index contributed by atoms with van der Waals surface area (Å²) in [5.74, 6) is 0. The molecule has 0 amide bonds. The monoisotopic (exact) mass is 322 g/mol. The molecule has 0 unspecified atom stereocenters. The molecule has 0 aliphatic carbocycles. The van der Waals surface area contributed by atoms with E-state index in [-0.39, 0.29) is 0 Å². The van der Waals surface area contributed by atoms with Crippen molar-refractivity contribution in [1.29, 1.82) is 0 Å². The smallest absolute Gasteiger partial charge is 0.0503 e. The highest BCUT2D eigenvalue weighted by molar-refractivity contribution is 6.16. The molecule has 2 nitrogen and oxygen atoms in total. The number of nitrogens with zero attached hydrogens (tertiary/aromatic N) is 1. The van der Waals surface area contributed by atoms with Crippen molar-refractivity contribution < 1.29 is 0 Å². The van der Waals surface area contributed by atoms with Crippen LogP contribution < -0.4 is 0 Å². The van der Waals surface area contributed by atoms with Gasteiger partial charge in [-0.1, -0.05) is 36.4 Å². The van der Waals surface area contributed by atoms with Crippen molar-refractivity contribution in [3.8, 4) is 11.1 Å². The number of hydrogen-bond acceptors (Lipinski definition) is 1. The van der Waals surface area contributed by atoms with E-state index in [0.29, 0.717) is 0 Å². The quantitative estimate of drug-likeness (QED) is 0.394. The van der Waals surface area contributed by atoms with Crippen molar-refractivity contribution in [2.24, 2.45) is 0 Å². The van der Waals surface area contributed by atoms with E-state index in [1.54, 1.807) is 0 Å². The SMILES string of the molecule is Cc1c2ccncc2c(C)c2c1[nH]c1ccc(-c3ccccc3)cc12. The number of pyridine rings is 1. The Morgan fingerprint density at radius 1 is 0.760 bits per heavy atom. The van der Waals surface area contributed by atoms with Crippen LogP contribution in [0.15, 0.2) is 67.0 Å². The van der Waals surface area contributed by atoms with Crippen LogP contribution in [0.1, 0.15) is 11.1 Å². The molecular weight excluding hydrogens is 304 g/mol. The lowest BCUT2D eigenvalue weighted by atomic mass is 9.96. The summed E-state index contributed by atoms with van der Waals surface area (Å²) in [6, 6.07) is 19.3. The van der Waals surface area contributed by atoms with Gasteiger partial charge < -0.3 is 4.98 Å². The summed E-state index contributed by atoms with van der Waals surface area (Å²) < 4.78 is 0. The number of H-pyrrole nitrogens is 1. The lowest BCUT2D eigenvalue weighted by Gasteiger charge is -2.08. The fraction of sp³-hybridized carbons (Fsp3) is 0.0870. The summed E-state index contributed by atoms with van der Waals surface area (Å²) in [4.78, 5) is 7.98. The largest absolute Gasteiger partial charge is 0.354 e. The van der Waals surface area contributed by atoms with Gasteiger partial charge in [0, 0.05) is 34.1 Å². The van der Waals surface area contributed by atoms with Gasteiger partial charge in [0.25, 0.3) is 0 Å². The first-order chi connectivity index (χ1) is 12.2. The van der Waals surface area contributed by atoms with Crippen LogP contribution in [0, 0.1) is 13.8 Å². The number of aryl methyl sites for hydroxylation is 2. The van der Waals surface area contributed by atoms with Gasteiger partial charge in [-0.25, -0.2) is 0 Å². The number of hydrogen-bond donors (Lipinski definition) is 1. The maximum atomic E-state index is 4.34. The molecule has 5 aromatic rings. The Morgan fingerprint density at radius 3 is 2.44 bits per heavy atom. The van der Waals surface area contributed by atoms with E-state index in [1.807, 2.05) is 12.4 Å². The second-order valence-corrected chi connectivity index (χ2v) is 6.67. The van der Waals surface area contributed by atoms with Crippen LogP contribution in [0.2, 0.25) is 0 Å². The fourth-order valence-electron chi connectivity index (χ4n) is 3.96. The molecule has 2 aromatic heterocycles. The Kier molecular flexibility index (Phi) is 2.95. The van der Waals surface area contributed by atoms with E-state index < -0.39 is 0 Å². The van der Waals surface area contributed by atoms with Crippen LogP contribution in [0.5, 0.6) is 0 Å². The van der Waals surface area contributed by atoms with Crippen LogP contribution in [0.3, 0.4) is 0 Å². The summed E-state index contributed by atoms with van der Waals surface area (Å²) in [5, 5.41) is 5.10. The minimum atomic E-state index is 1.18. The summed E-state index contributed by atoms with van der Waals surface area (Å²) in [6.07, 6.45) is 3.85. The van der Waals surface area contributed by atoms with Gasteiger partial charge in [-0.3, -0.25) is 4.98 Å². The molecule has 3 aromatic carbocycles. The van der Waals surface area contributed by atoms with Crippen molar-refractivity contribution in [1.82, 2.24) is 9.97 Å². The molecule has 1 N–H and O–H groups in total. The number of nitrogens with one attached hydrogen (secondary N) is 1. The molecule has 5 rings (SSSR count). The summed E-state index contributed by atoms with van der Waals surface area (Å²) in [6.45, 7) is 4.39. The van der Waals surface area contributed by atoms with Gasteiger partial charge in [-0.05, 0) is 59.7 Å². The highest BCUT2D eigenvalue weighted by Gasteiger charge is 2.14. The Labute approximate surface area is 146 Å². The number of benzene rings is 3. The van der Waals surface area contributed by atoms with Gasteiger partial charge in [0.1, 0.15) is 0 Å². The Morgan fingerprint density at radius 2 is 1.60 bits per heavy atom. The number of aromatic nitrogens is 2. The normalized spacial score (nSPS) is 11.6. The van der Waals surface area contributed by atoms with Crippen LogP contribution >= 0.6 is 0 Å². The average Bonchev–Trinajstić information content (AvgIpc) is 3.06. The second-order valence-electron chi connectivity index (χ2n) is 6.67. The third-order valence-corrected chi connectivity index (χ3v) is 5.28. The molecule has 0 aliphatic heterocycles. The van der Waals surface area contributed by atoms with Gasteiger partial charge in [-0.15, -0.1) is 0 Å². The van der Waals surface area contributed by atoms with E-state index in [2.05, 4.69) is 78.4 Å². The predicted molar refractivity (Wildman–Crippen MR) is 106 cm³/mol. The Bertz CT molecular complexity index is 1250. The second kappa shape index (κ2) is 5.18. The van der Waals surface area contributed by atoms with Gasteiger partial charge in [0.2, 0.25) is 0 Å². The maximum absolute atomic E-state index is 4.34. The van der Waals surface area contributed by atoms with Gasteiger partial charge >= 0.3 is 0 Å². The van der Waals surface area contributed by atoms with Crippen LogP contribution in [0.4, 0.5) is 0 Å². The van der Waals surface area contributed by atoms with Gasteiger partial charge in [0.15, 0.2) is 0 Å². The summed E-state index contributed by atoms with van der Waals surface area (Å²) in [7, 11) is 0. The van der Waals surface area contributed by atoms with Gasteiger partial charge in [-0.2, -0.15) is 0 Å². The Hall–Kier alpha value is -3.13. The topological polar surface area (TPSA) is 28.7 Å². The number of aromatic amines is 1. The van der Waals surface area contributed by atoms with Crippen LogP contribution in [-0.4, -0.2) is 9.97 Å². The maximum Gasteiger partial charge on any atom is 0.0503 e. The average molecular weight is 322 g/mol. The molecule has 2 heterocycles. The zero-order valence-corrected chi connectivity index (χ0v) is 14.3. The van der Waals surface area contributed by atoms with Crippen molar-refractivity contribution in [3.05, 3.63) is 78.1 Å². The summed E-state index contributed by atoms with van der Waals surface area (Å²) >= 11 is 0. The molecular formula is C23H18N2. The van der Waals surface area contributed by atoms with E-state index in [4.69, 9.17) is 0 Å². The first kappa shape index (κ1) is 14.2. The number of fused-ring (bicyclic) bond motifs is 4. The third-order valence-electron chi connectivity index (χ3n) is 5.28. The minimum absolute atomic E-state index is 1.18. The van der Waals surface area contributed by atoms with Crippen molar-refractivity contribution in [2.75, 3.05) is 0 Å². The molecule has 0 saturated carbocycles. The highest BCUT2D eigenvalue weighted by Crippen LogP contribution is 2.37. The molecule has 25 heavy (non-hydrogen) atoms. The molecule has 2 heteroatoms. The molecule has 0 saturated heterocycles. The molecule has 120 valence electrons. The molecule has 0 atom stereocenters. The minimum Gasteiger partial charge on any atom is -0.354 e. The molecule has 0 bridgehead atoms. The molecule has 0 aliphatic rings. The van der Waals surface area contributed by atoms with E-state index in [9.17, 15) is 0 Å². The van der Waals surface area contributed by atoms with E-state index in [0.717, 1.165) is 0 Å². The Balaban J connectivity index is 1.92. The van der Waals surface area contributed by atoms with Crippen molar-refractivity contribution >= 4 is 32.6 Å². The zero-order valence-electron chi connectivity index (χ0n) is 14.3. The number of rotatable bonds is 1. The van der Waals surface area contributed by atoms with Crippen LogP contribution in [-0.2, 0) is 0 Å².